The van der Waals surface area contributed by atoms with E-state index in [-0.39, 0.29) is 0 Å². The third-order valence-corrected chi connectivity index (χ3v) is 11.9. The first kappa shape index (κ1) is 39.6. The van der Waals surface area contributed by atoms with E-state index in [0.717, 1.165) is 65.0 Å². The average Bonchev–Trinajstić information content (AvgIpc) is 3.50. The molecule has 2 aliphatic heterocycles. The van der Waals surface area contributed by atoms with Crippen LogP contribution in [-0.4, -0.2) is 54.5 Å². The number of nitrogens with one attached hydrogen (secondary N) is 1. The summed E-state index contributed by atoms with van der Waals surface area (Å²) < 4.78 is 0. The maximum absolute atomic E-state index is 13.0. The third-order valence-electron chi connectivity index (χ3n) is 11.9. The number of piperazine rings is 1. The van der Waals surface area contributed by atoms with Crippen molar-refractivity contribution in [2.45, 2.75) is 150 Å². The number of carbonyl (C=O) groups is 1. The fraction of sp³-hybridized carbons (Fsp3) is 0.711. The maximum atomic E-state index is 13.0. The van der Waals surface area contributed by atoms with Gasteiger partial charge in [-0.2, -0.15) is 0 Å². The quantitative estimate of drug-likeness (QED) is 0.171. The van der Waals surface area contributed by atoms with E-state index in [1.165, 1.54) is 35.1 Å². The smallest absolute Gasteiger partial charge is 0.222 e. The Morgan fingerprint density at radius 2 is 1.29 bits per heavy atom. The van der Waals surface area contributed by atoms with E-state index in [0.29, 0.717) is 65.7 Å². The van der Waals surface area contributed by atoms with Crippen LogP contribution in [0.2, 0.25) is 0 Å². The molecule has 2 heterocycles. The average molecular weight is 672 g/mol. The minimum absolute atomic E-state index is 0.304. The molecule has 2 aromatic carbocycles. The molecule has 0 saturated carbocycles. The first-order chi connectivity index (χ1) is 23.4. The molecule has 0 spiro atoms. The Kier molecular flexibility index (Phi) is 15.3. The Morgan fingerprint density at radius 3 is 1.84 bits per heavy atom. The van der Waals surface area contributed by atoms with Gasteiger partial charge in [-0.05, 0) is 114 Å². The molecule has 5 atom stereocenters. The molecule has 0 aliphatic carbocycles. The van der Waals surface area contributed by atoms with Crippen LogP contribution in [0, 0.1) is 23.7 Å². The predicted octanol–water partition coefficient (Wildman–Crippen LogP) is 10.7. The van der Waals surface area contributed by atoms with Gasteiger partial charge >= 0.3 is 0 Å². The van der Waals surface area contributed by atoms with Crippen LogP contribution < -0.4 is 5.32 Å². The summed E-state index contributed by atoms with van der Waals surface area (Å²) in [5.41, 5.74) is 7.52. The highest BCUT2D eigenvalue weighted by Crippen LogP contribution is 2.40. The van der Waals surface area contributed by atoms with Crippen molar-refractivity contribution < 1.29 is 4.79 Å². The second-order valence-corrected chi connectivity index (χ2v) is 17.4. The van der Waals surface area contributed by atoms with Crippen LogP contribution in [0.25, 0.3) is 0 Å². The van der Waals surface area contributed by atoms with Gasteiger partial charge in [-0.15, -0.1) is 0 Å². The van der Waals surface area contributed by atoms with E-state index in [1.54, 1.807) is 5.56 Å². The zero-order chi connectivity index (χ0) is 35.7. The van der Waals surface area contributed by atoms with Crippen LogP contribution >= 0.6 is 0 Å². The maximum Gasteiger partial charge on any atom is 0.222 e. The van der Waals surface area contributed by atoms with Gasteiger partial charge in [-0.25, -0.2) is 0 Å². The summed E-state index contributed by atoms with van der Waals surface area (Å²) in [6, 6.07) is 17.6. The summed E-state index contributed by atoms with van der Waals surface area (Å²) in [6.45, 7) is 30.1. The van der Waals surface area contributed by atoms with Gasteiger partial charge in [0.2, 0.25) is 5.91 Å². The molecule has 49 heavy (non-hydrogen) atoms. The number of likely N-dealkylation sites (tertiary alicyclic amines) is 1. The highest BCUT2D eigenvalue weighted by atomic mass is 16.2. The standard InChI is InChI=1S/C45H73N3O/c1-11-41(48-22-12-13-45(48)49)29-39(27-35(10)36-14-16-37(17-15-36)43(33(6)7)25-31(2)3)38-18-19-42(44(34(8)9)26-32(4)5)40(28-38)30-47-23-20-46-21-24-47/h14-19,28,31-35,39,41,43-44,46H,11-13,20-27,29-30H2,1-10H3. The Bertz CT molecular complexity index is 1270. The molecule has 0 bridgehead atoms. The Balaban J connectivity index is 1.69. The van der Waals surface area contributed by atoms with Crippen LogP contribution in [0.1, 0.15) is 166 Å². The fourth-order valence-corrected chi connectivity index (χ4v) is 8.96. The van der Waals surface area contributed by atoms with Crippen LogP contribution in [-0.2, 0) is 11.3 Å². The molecule has 2 aromatic rings. The molecule has 2 aliphatic rings. The summed E-state index contributed by atoms with van der Waals surface area (Å²) in [4.78, 5) is 17.9. The SMILES string of the molecule is CCC(CC(CC(C)c1ccc(C(CC(C)C)C(C)C)cc1)c1ccc(C(CC(C)C)C(C)C)c(CN2CCNCC2)c1)N1CCCC1=O. The van der Waals surface area contributed by atoms with E-state index in [1.807, 2.05) is 0 Å². The monoisotopic (exact) mass is 672 g/mol. The van der Waals surface area contributed by atoms with Crippen LogP contribution in [0.4, 0.5) is 0 Å². The van der Waals surface area contributed by atoms with Crippen molar-refractivity contribution in [1.82, 2.24) is 15.1 Å². The molecule has 5 unspecified atom stereocenters. The Morgan fingerprint density at radius 1 is 0.694 bits per heavy atom. The fourth-order valence-electron chi connectivity index (χ4n) is 8.96. The number of hydrogen-bond acceptors (Lipinski definition) is 3. The zero-order valence-electron chi connectivity index (χ0n) is 33.2. The molecule has 2 fully saturated rings. The molecule has 1 N–H and O–H groups in total. The molecular formula is C45H73N3O. The van der Waals surface area contributed by atoms with E-state index in [2.05, 4.69) is 127 Å². The van der Waals surface area contributed by atoms with E-state index < -0.39 is 0 Å². The highest BCUT2D eigenvalue weighted by Gasteiger charge is 2.31. The van der Waals surface area contributed by atoms with Gasteiger partial charge < -0.3 is 10.2 Å². The predicted molar refractivity (Wildman–Crippen MR) is 211 cm³/mol. The molecule has 1 amide bonds. The van der Waals surface area contributed by atoms with Crippen LogP contribution in [0.3, 0.4) is 0 Å². The number of amides is 1. The van der Waals surface area contributed by atoms with Gasteiger partial charge in [0.25, 0.3) is 0 Å². The van der Waals surface area contributed by atoms with Gasteiger partial charge in [-0.1, -0.05) is 112 Å². The molecule has 2 saturated heterocycles. The van der Waals surface area contributed by atoms with Crippen molar-refractivity contribution in [3.8, 4) is 0 Å². The molecule has 4 rings (SSSR count). The number of rotatable bonds is 18. The molecule has 274 valence electrons. The van der Waals surface area contributed by atoms with Crippen molar-refractivity contribution >= 4 is 5.91 Å². The van der Waals surface area contributed by atoms with Crippen molar-refractivity contribution in [2.75, 3.05) is 32.7 Å². The lowest BCUT2D eigenvalue weighted by Crippen LogP contribution is -2.43. The first-order valence-corrected chi connectivity index (χ1v) is 20.3. The van der Waals surface area contributed by atoms with Gasteiger partial charge in [0, 0.05) is 51.7 Å². The molecule has 0 aromatic heterocycles. The van der Waals surface area contributed by atoms with Crippen molar-refractivity contribution in [3.05, 3.63) is 70.3 Å². The Hall–Kier alpha value is -2.17. The van der Waals surface area contributed by atoms with Gasteiger partial charge in [0.1, 0.15) is 0 Å². The largest absolute Gasteiger partial charge is 0.340 e. The minimum atomic E-state index is 0.304. The van der Waals surface area contributed by atoms with E-state index in [9.17, 15) is 4.79 Å². The van der Waals surface area contributed by atoms with E-state index in [4.69, 9.17) is 0 Å². The van der Waals surface area contributed by atoms with Crippen molar-refractivity contribution in [1.29, 1.82) is 0 Å². The normalized spacial score (nSPS) is 19.3. The number of hydrogen-bond donors (Lipinski definition) is 1. The summed E-state index contributed by atoms with van der Waals surface area (Å²) in [6.07, 6.45) is 7.35. The topological polar surface area (TPSA) is 35.6 Å². The summed E-state index contributed by atoms with van der Waals surface area (Å²) >= 11 is 0. The Labute approximate surface area is 302 Å². The zero-order valence-corrected chi connectivity index (χ0v) is 33.2. The van der Waals surface area contributed by atoms with Crippen LogP contribution in [0.5, 0.6) is 0 Å². The minimum Gasteiger partial charge on any atom is -0.340 e. The highest BCUT2D eigenvalue weighted by molar-refractivity contribution is 5.78. The van der Waals surface area contributed by atoms with Gasteiger partial charge in [0.15, 0.2) is 0 Å². The second kappa shape index (κ2) is 18.9. The van der Waals surface area contributed by atoms with Crippen molar-refractivity contribution in [3.63, 3.8) is 0 Å². The number of nitrogens with zero attached hydrogens (tertiary/aromatic N) is 2. The lowest BCUT2D eigenvalue weighted by Gasteiger charge is -2.34. The molecular weight excluding hydrogens is 599 g/mol. The summed E-state index contributed by atoms with van der Waals surface area (Å²) in [5.74, 6) is 4.99. The molecule has 4 heteroatoms. The molecule has 0 radical (unpaired) electrons. The number of benzene rings is 2. The van der Waals surface area contributed by atoms with Gasteiger partial charge in [0.05, 0.1) is 0 Å². The van der Waals surface area contributed by atoms with E-state index >= 15 is 0 Å². The lowest BCUT2D eigenvalue weighted by molar-refractivity contribution is -0.129. The second-order valence-electron chi connectivity index (χ2n) is 17.4. The van der Waals surface area contributed by atoms with Gasteiger partial charge in [-0.3, -0.25) is 9.69 Å². The van der Waals surface area contributed by atoms with Crippen LogP contribution in [0.15, 0.2) is 42.5 Å². The summed E-state index contributed by atoms with van der Waals surface area (Å²) in [5, 5.41) is 3.56. The van der Waals surface area contributed by atoms with Crippen molar-refractivity contribution in [2.24, 2.45) is 23.7 Å². The first-order valence-electron chi connectivity index (χ1n) is 20.3. The lowest BCUT2D eigenvalue weighted by atomic mass is 9.77. The number of carbonyl (C=O) groups excluding carboxylic acids is 1. The third kappa shape index (κ3) is 11.2. The molecule has 4 nitrogen and oxygen atoms in total. The summed E-state index contributed by atoms with van der Waals surface area (Å²) in [7, 11) is 0.